The molecule has 2 rings (SSSR count). The predicted octanol–water partition coefficient (Wildman–Crippen LogP) is 2.45. The molecule has 0 unspecified atom stereocenters. The van der Waals surface area contributed by atoms with Crippen molar-refractivity contribution in [2.75, 3.05) is 12.4 Å². The summed E-state index contributed by atoms with van der Waals surface area (Å²) >= 11 is 0. The van der Waals surface area contributed by atoms with E-state index in [2.05, 4.69) is 40.3 Å². The van der Waals surface area contributed by atoms with E-state index in [1.165, 1.54) is 5.69 Å². The summed E-state index contributed by atoms with van der Waals surface area (Å²) < 4.78 is 1.95. The van der Waals surface area contributed by atoms with Crippen LogP contribution < -0.4 is 5.32 Å². The molecule has 0 radical (unpaired) electrons. The molecule has 0 bridgehead atoms. The topological polar surface area (TPSA) is 55.6 Å². The third-order valence-electron chi connectivity index (χ3n) is 3.23. The number of nitrogens with one attached hydrogen (secondary N) is 1. The lowest BCUT2D eigenvalue weighted by atomic mass is 10.2. The fourth-order valence-electron chi connectivity index (χ4n) is 2.15. The molecule has 0 aliphatic heterocycles. The summed E-state index contributed by atoms with van der Waals surface area (Å²) in [5.74, 6) is 2.48. The third-order valence-corrected chi connectivity index (χ3v) is 3.23. The van der Waals surface area contributed by atoms with Crippen LogP contribution in [0, 0.1) is 13.8 Å². The van der Waals surface area contributed by atoms with Gasteiger partial charge in [-0.25, -0.2) is 14.6 Å². The standard InChI is InChI=1S/C14H21N5/c1-6-11-8-12(7-2)19(18-11)14-9(3)13(15-5)16-10(4)17-14/h8H,6-7H2,1-5H3,(H,15,16,17). The minimum atomic E-state index is 0.751. The largest absolute Gasteiger partial charge is 0.373 e. The van der Waals surface area contributed by atoms with E-state index in [9.17, 15) is 0 Å². The van der Waals surface area contributed by atoms with Crippen LogP contribution in [0.5, 0.6) is 0 Å². The van der Waals surface area contributed by atoms with Gasteiger partial charge in [0.2, 0.25) is 0 Å². The molecule has 0 aliphatic carbocycles. The fourth-order valence-corrected chi connectivity index (χ4v) is 2.15. The Morgan fingerprint density at radius 3 is 2.47 bits per heavy atom. The van der Waals surface area contributed by atoms with Gasteiger partial charge in [0, 0.05) is 18.3 Å². The second-order valence-electron chi connectivity index (χ2n) is 4.56. The van der Waals surface area contributed by atoms with Gasteiger partial charge in [-0.1, -0.05) is 13.8 Å². The highest BCUT2D eigenvalue weighted by molar-refractivity contribution is 5.51. The summed E-state index contributed by atoms with van der Waals surface area (Å²) in [6, 6.07) is 2.15. The molecule has 2 aromatic heterocycles. The van der Waals surface area contributed by atoms with Crippen molar-refractivity contribution < 1.29 is 0 Å². The summed E-state index contributed by atoms with van der Waals surface area (Å²) in [5.41, 5.74) is 3.30. The lowest BCUT2D eigenvalue weighted by molar-refractivity contribution is 0.757. The molecule has 0 fully saturated rings. The smallest absolute Gasteiger partial charge is 0.162 e. The molecule has 2 aromatic rings. The van der Waals surface area contributed by atoms with Crippen molar-refractivity contribution in [2.24, 2.45) is 0 Å². The third kappa shape index (κ3) is 2.45. The van der Waals surface area contributed by atoms with Crippen molar-refractivity contribution >= 4 is 5.82 Å². The number of aryl methyl sites for hydroxylation is 3. The number of hydrogen-bond acceptors (Lipinski definition) is 4. The highest BCUT2D eigenvalue weighted by Crippen LogP contribution is 2.20. The van der Waals surface area contributed by atoms with Gasteiger partial charge in [0.1, 0.15) is 11.6 Å². The first-order chi connectivity index (χ1) is 9.10. The summed E-state index contributed by atoms with van der Waals surface area (Å²) in [6.07, 6.45) is 1.87. The van der Waals surface area contributed by atoms with E-state index >= 15 is 0 Å². The Kier molecular flexibility index (Phi) is 3.83. The highest BCUT2D eigenvalue weighted by atomic mass is 15.3. The first-order valence-corrected chi connectivity index (χ1v) is 6.71. The lowest BCUT2D eigenvalue weighted by Gasteiger charge is -2.12. The van der Waals surface area contributed by atoms with Crippen LogP contribution in [0.3, 0.4) is 0 Å². The van der Waals surface area contributed by atoms with Gasteiger partial charge in [-0.3, -0.25) is 0 Å². The Labute approximate surface area is 114 Å². The molecule has 0 aromatic carbocycles. The second kappa shape index (κ2) is 5.38. The summed E-state index contributed by atoms with van der Waals surface area (Å²) in [6.45, 7) is 8.17. The van der Waals surface area contributed by atoms with Gasteiger partial charge in [0.25, 0.3) is 0 Å². The lowest BCUT2D eigenvalue weighted by Crippen LogP contribution is -2.11. The van der Waals surface area contributed by atoms with E-state index < -0.39 is 0 Å². The Morgan fingerprint density at radius 1 is 1.16 bits per heavy atom. The Bertz CT molecular complexity index is 586. The minimum absolute atomic E-state index is 0.751. The zero-order chi connectivity index (χ0) is 14.0. The molecule has 102 valence electrons. The van der Waals surface area contributed by atoms with Crippen LogP contribution in [0.4, 0.5) is 5.82 Å². The normalized spacial score (nSPS) is 10.8. The Balaban J connectivity index is 2.64. The maximum atomic E-state index is 4.65. The van der Waals surface area contributed by atoms with E-state index in [-0.39, 0.29) is 0 Å². The van der Waals surface area contributed by atoms with Crippen molar-refractivity contribution in [2.45, 2.75) is 40.5 Å². The van der Waals surface area contributed by atoms with Crippen molar-refractivity contribution in [3.05, 3.63) is 28.8 Å². The monoisotopic (exact) mass is 259 g/mol. The molecule has 0 saturated heterocycles. The van der Waals surface area contributed by atoms with Crippen LogP contribution in [0.1, 0.15) is 36.6 Å². The Hall–Kier alpha value is -1.91. The molecule has 0 saturated carbocycles. The van der Waals surface area contributed by atoms with Gasteiger partial charge in [-0.2, -0.15) is 5.10 Å². The maximum absolute atomic E-state index is 4.65. The van der Waals surface area contributed by atoms with Gasteiger partial charge in [0.05, 0.1) is 5.69 Å². The van der Waals surface area contributed by atoms with Crippen molar-refractivity contribution in [1.82, 2.24) is 19.7 Å². The van der Waals surface area contributed by atoms with Gasteiger partial charge < -0.3 is 5.32 Å². The first-order valence-electron chi connectivity index (χ1n) is 6.71. The molecule has 5 nitrogen and oxygen atoms in total. The number of aromatic nitrogens is 4. The Morgan fingerprint density at radius 2 is 1.89 bits per heavy atom. The van der Waals surface area contributed by atoms with Crippen LogP contribution >= 0.6 is 0 Å². The van der Waals surface area contributed by atoms with Gasteiger partial charge in [-0.15, -0.1) is 0 Å². The second-order valence-corrected chi connectivity index (χ2v) is 4.56. The van der Waals surface area contributed by atoms with E-state index in [1.54, 1.807) is 0 Å². The zero-order valence-corrected chi connectivity index (χ0v) is 12.3. The minimum Gasteiger partial charge on any atom is -0.373 e. The molecule has 2 heterocycles. The summed E-state index contributed by atoms with van der Waals surface area (Å²) in [5, 5.41) is 7.76. The van der Waals surface area contributed by atoms with Crippen LogP contribution in [0.2, 0.25) is 0 Å². The SMILES string of the molecule is CCc1cc(CC)n(-c2nc(C)nc(NC)c2C)n1. The van der Waals surface area contributed by atoms with E-state index in [0.717, 1.165) is 41.6 Å². The van der Waals surface area contributed by atoms with Crippen LogP contribution in [0.15, 0.2) is 6.07 Å². The molecule has 0 amide bonds. The van der Waals surface area contributed by atoms with Gasteiger partial charge in [-0.05, 0) is 32.8 Å². The molecular formula is C14H21N5. The van der Waals surface area contributed by atoms with E-state index in [0.29, 0.717) is 0 Å². The fraction of sp³-hybridized carbons (Fsp3) is 0.500. The number of hydrogen-bond donors (Lipinski definition) is 1. The van der Waals surface area contributed by atoms with Crippen LogP contribution in [-0.4, -0.2) is 26.8 Å². The first kappa shape index (κ1) is 13.5. The number of nitrogens with zero attached hydrogens (tertiary/aromatic N) is 4. The van der Waals surface area contributed by atoms with E-state index in [4.69, 9.17) is 0 Å². The molecule has 0 atom stereocenters. The van der Waals surface area contributed by atoms with Gasteiger partial charge >= 0.3 is 0 Å². The molecule has 0 spiro atoms. The molecule has 19 heavy (non-hydrogen) atoms. The number of anilines is 1. The highest BCUT2D eigenvalue weighted by Gasteiger charge is 2.14. The molecule has 5 heteroatoms. The molecule has 1 N–H and O–H groups in total. The van der Waals surface area contributed by atoms with Gasteiger partial charge in [0.15, 0.2) is 5.82 Å². The average molecular weight is 259 g/mol. The van der Waals surface area contributed by atoms with Crippen molar-refractivity contribution in [3.63, 3.8) is 0 Å². The molecular weight excluding hydrogens is 238 g/mol. The summed E-state index contributed by atoms with van der Waals surface area (Å²) in [7, 11) is 1.87. The molecule has 0 aliphatic rings. The summed E-state index contributed by atoms with van der Waals surface area (Å²) in [4.78, 5) is 8.95. The van der Waals surface area contributed by atoms with Crippen LogP contribution in [-0.2, 0) is 12.8 Å². The van der Waals surface area contributed by atoms with E-state index in [1.807, 2.05) is 25.6 Å². The van der Waals surface area contributed by atoms with Crippen molar-refractivity contribution in [1.29, 1.82) is 0 Å². The zero-order valence-electron chi connectivity index (χ0n) is 12.3. The predicted molar refractivity (Wildman–Crippen MR) is 76.9 cm³/mol. The number of rotatable bonds is 4. The van der Waals surface area contributed by atoms with Crippen molar-refractivity contribution in [3.8, 4) is 5.82 Å². The quantitative estimate of drug-likeness (QED) is 0.916. The van der Waals surface area contributed by atoms with Crippen LogP contribution in [0.25, 0.3) is 5.82 Å². The maximum Gasteiger partial charge on any atom is 0.162 e. The average Bonchev–Trinajstić information content (AvgIpc) is 2.84.